The molecule has 0 amide bonds. The molecule has 1 unspecified atom stereocenters. The Kier molecular flexibility index (Phi) is 3.38. The predicted molar refractivity (Wildman–Crippen MR) is 68.5 cm³/mol. The minimum atomic E-state index is 0.684. The molecule has 3 heteroatoms. The summed E-state index contributed by atoms with van der Waals surface area (Å²) in [5.74, 6) is 2.56. The van der Waals surface area contributed by atoms with Crippen molar-refractivity contribution in [3.63, 3.8) is 0 Å². The van der Waals surface area contributed by atoms with Crippen molar-refractivity contribution in [2.75, 3.05) is 16.8 Å². The highest BCUT2D eigenvalue weighted by molar-refractivity contribution is 14.1. The highest BCUT2D eigenvalue weighted by atomic mass is 127. The van der Waals surface area contributed by atoms with Crippen molar-refractivity contribution in [2.45, 2.75) is 12.5 Å². The summed E-state index contributed by atoms with van der Waals surface area (Å²) in [6, 6.07) is 9.25. The molecule has 0 aromatic heterocycles. The Morgan fingerprint density at radius 3 is 3.08 bits per heavy atom. The van der Waals surface area contributed by atoms with Crippen LogP contribution in [-0.4, -0.2) is 17.5 Å². The molecular weight excluding hydrogens is 293 g/mol. The molecule has 0 aliphatic carbocycles. The fourth-order valence-electron chi connectivity index (χ4n) is 1.46. The smallest absolute Gasteiger partial charge is 0.0359 e. The molecule has 1 aliphatic heterocycles. The van der Waals surface area contributed by atoms with Gasteiger partial charge in [0.25, 0.3) is 0 Å². The minimum Gasteiger partial charge on any atom is -0.381 e. The van der Waals surface area contributed by atoms with Gasteiger partial charge in [0.05, 0.1) is 0 Å². The molecular formula is C10H12INS. The van der Waals surface area contributed by atoms with Crippen molar-refractivity contribution < 1.29 is 0 Å². The Morgan fingerprint density at radius 2 is 2.38 bits per heavy atom. The van der Waals surface area contributed by atoms with E-state index in [4.69, 9.17) is 0 Å². The van der Waals surface area contributed by atoms with Gasteiger partial charge >= 0.3 is 0 Å². The van der Waals surface area contributed by atoms with Crippen molar-refractivity contribution in [3.8, 4) is 0 Å². The fourth-order valence-corrected chi connectivity index (χ4v) is 3.16. The van der Waals surface area contributed by atoms with Crippen molar-refractivity contribution >= 4 is 40.0 Å². The van der Waals surface area contributed by atoms with E-state index in [9.17, 15) is 0 Å². The molecule has 1 heterocycles. The molecule has 0 saturated carbocycles. The van der Waals surface area contributed by atoms with Crippen molar-refractivity contribution in [1.29, 1.82) is 0 Å². The molecule has 1 N–H and O–H groups in total. The maximum Gasteiger partial charge on any atom is 0.0359 e. The van der Waals surface area contributed by atoms with Gasteiger partial charge < -0.3 is 5.32 Å². The van der Waals surface area contributed by atoms with Crippen LogP contribution in [0.15, 0.2) is 24.3 Å². The van der Waals surface area contributed by atoms with E-state index in [1.165, 1.54) is 27.2 Å². The quantitative estimate of drug-likeness (QED) is 0.842. The van der Waals surface area contributed by atoms with Gasteiger partial charge in [0.15, 0.2) is 0 Å². The average Bonchev–Trinajstić information content (AvgIpc) is 2.57. The lowest BCUT2D eigenvalue weighted by molar-refractivity contribution is 0.813. The zero-order chi connectivity index (χ0) is 9.10. The third-order valence-corrected chi connectivity index (χ3v) is 3.96. The van der Waals surface area contributed by atoms with Gasteiger partial charge in [0.2, 0.25) is 0 Å². The van der Waals surface area contributed by atoms with Crippen LogP contribution in [0, 0.1) is 3.57 Å². The second kappa shape index (κ2) is 4.55. The zero-order valence-electron chi connectivity index (χ0n) is 7.29. The standard InChI is InChI=1S/C10H12INS/c11-8-2-1-3-9(6-8)12-10-4-5-13-7-10/h1-3,6,10,12H,4-5,7H2. The Hall–Kier alpha value is 0.1000. The topological polar surface area (TPSA) is 12.0 Å². The predicted octanol–water partition coefficient (Wildman–Crippen LogP) is 3.21. The number of halogens is 1. The highest BCUT2D eigenvalue weighted by Crippen LogP contribution is 2.22. The van der Waals surface area contributed by atoms with Gasteiger partial charge in [-0.15, -0.1) is 0 Å². The number of rotatable bonds is 2. The SMILES string of the molecule is Ic1cccc(NC2CCSC2)c1. The van der Waals surface area contributed by atoms with Gasteiger partial charge in [-0.3, -0.25) is 0 Å². The Bertz CT molecular complexity index is 284. The molecule has 1 atom stereocenters. The molecule has 1 aliphatic rings. The van der Waals surface area contributed by atoms with Crippen LogP contribution in [0.3, 0.4) is 0 Å². The maximum atomic E-state index is 3.56. The first kappa shape index (κ1) is 9.65. The minimum absolute atomic E-state index is 0.684. The van der Waals surface area contributed by atoms with Gasteiger partial charge in [-0.25, -0.2) is 0 Å². The molecule has 1 nitrogen and oxygen atoms in total. The Morgan fingerprint density at radius 1 is 1.46 bits per heavy atom. The normalized spacial score (nSPS) is 21.8. The molecule has 1 aromatic carbocycles. The Balaban J connectivity index is 2.00. The number of nitrogens with one attached hydrogen (secondary N) is 1. The maximum absolute atomic E-state index is 3.56. The third-order valence-electron chi connectivity index (χ3n) is 2.13. The number of hydrogen-bond acceptors (Lipinski definition) is 2. The molecule has 1 aromatic rings. The van der Waals surface area contributed by atoms with E-state index in [1.54, 1.807) is 0 Å². The highest BCUT2D eigenvalue weighted by Gasteiger charge is 2.14. The molecule has 0 radical (unpaired) electrons. The molecule has 0 bridgehead atoms. The van der Waals surface area contributed by atoms with E-state index in [-0.39, 0.29) is 0 Å². The first-order chi connectivity index (χ1) is 6.34. The van der Waals surface area contributed by atoms with Crippen LogP contribution in [0.2, 0.25) is 0 Å². The Labute approximate surface area is 96.8 Å². The number of hydrogen-bond donors (Lipinski definition) is 1. The van der Waals surface area contributed by atoms with Crippen LogP contribution in [0.4, 0.5) is 5.69 Å². The molecule has 2 rings (SSSR count). The number of thioether (sulfide) groups is 1. The summed E-state index contributed by atoms with van der Waals surface area (Å²) in [5, 5.41) is 3.56. The van der Waals surface area contributed by atoms with E-state index in [2.05, 4.69) is 52.2 Å². The van der Waals surface area contributed by atoms with Crippen molar-refractivity contribution in [2.24, 2.45) is 0 Å². The van der Waals surface area contributed by atoms with Crippen LogP contribution < -0.4 is 5.32 Å². The average molecular weight is 305 g/mol. The second-order valence-corrected chi connectivity index (χ2v) is 5.61. The zero-order valence-corrected chi connectivity index (χ0v) is 10.3. The first-order valence-corrected chi connectivity index (χ1v) is 6.68. The summed E-state index contributed by atoms with van der Waals surface area (Å²) in [5.41, 5.74) is 1.26. The number of benzene rings is 1. The third kappa shape index (κ3) is 2.77. The van der Waals surface area contributed by atoms with Crippen molar-refractivity contribution in [1.82, 2.24) is 0 Å². The van der Waals surface area contributed by atoms with Crippen LogP contribution in [0.1, 0.15) is 6.42 Å². The van der Waals surface area contributed by atoms with E-state index < -0.39 is 0 Å². The summed E-state index contributed by atoms with van der Waals surface area (Å²) in [7, 11) is 0. The van der Waals surface area contributed by atoms with Gasteiger partial charge in [0.1, 0.15) is 0 Å². The largest absolute Gasteiger partial charge is 0.381 e. The van der Waals surface area contributed by atoms with Gasteiger partial charge in [-0.2, -0.15) is 11.8 Å². The molecule has 0 spiro atoms. The summed E-state index contributed by atoms with van der Waals surface area (Å²) in [6.45, 7) is 0. The van der Waals surface area contributed by atoms with Crippen LogP contribution in [-0.2, 0) is 0 Å². The van der Waals surface area contributed by atoms with Gasteiger partial charge in [-0.05, 0) is 53.0 Å². The lowest BCUT2D eigenvalue weighted by Gasteiger charge is -2.12. The van der Waals surface area contributed by atoms with Crippen molar-refractivity contribution in [3.05, 3.63) is 27.8 Å². The molecule has 70 valence electrons. The number of anilines is 1. The van der Waals surface area contributed by atoms with E-state index in [0.29, 0.717) is 6.04 Å². The summed E-state index contributed by atoms with van der Waals surface area (Å²) in [6.07, 6.45) is 1.30. The van der Waals surface area contributed by atoms with Gasteiger partial charge in [0, 0.05) is 21.1 Å². The fraction of sp³-hybridized carbons (Fsp3) is 0.400. The summed E-state index contributed by atoms with van der Waals surface area (Å²) < 4.78 is 1.30. The summed E-state index contributed by atoms with van der Waals surface area (Å²) >= 11 is 4.39. The molecule has 1 fully saturated rings. The van der Waals surface area contributed by atoms with Crippen LogP contribution in [0.25, 0.3) is 0 Å². The molecule has 13 heavy (non-hydrogen) atoms. The van der Waals surface area contributed by atoms with Gasteiger partial charge in [-0.1, -0.05) is 6.07 Å². The lowest BCUT2D eigenvalue weighted by Crippen LogP contribution is -2.17. The van der Waals surface area contributed by atoms with E-state index >= 15 is 0 Å². The lowest BCUT2D eigenvalue weighted by atomic mass is 10.2. The monoisotopic (exact) mass is 305 g/mol. The summed E-state index contributed by atoms with van der Waals surface area (Å²) in [4.78, 5) is 0. The first-order valence-electron chi connectivity index (χ1n) is 4.44. The van der Waals surface area contributed by atoms with E-state index in [1.807, 2.05) is 11.8 Å². The second-order valence-electron chi connectivity index (χ2n) is 3.22. The van der Waals surface area contributed by atoms with E-state index in [0.717, 1.165) is 0 Å². The van der Waals surface area contributed by atoms with Crippen LogP contribution in [0.5, 0.6) is 0 Å². The molecule has 1 saturated heterocycles. The van der Waals surface area contributed by atoms with Crippen LogP contribution >= 0.6 is 34.4 Å².